The molecule has 7 heteroatoms. The van der Waals surface area contributed by atoms with Crippen LogP contribution in [0.3, 0.4) is 0 Å². The van der Waals surface area contributed by atoms with E-state index in [1.54, 1.807) is 0 Å². The Morgan fingerprint density at radius 3 is 2.22 bits per heavy atom. The monoisotopic (exact) mass is 531 g/mol. The van der Waals surface area contributed by atoms with Gasteiger partial charge in [-0.15, -0.1) is 0 Å². The minimum atomic E-state index is -4.63. The summed E-state index contributed by atoms with van der Waals surface area (Å²) in [6.45, 7) is 2.00. The first-order valence-electron chi connectivity index (χ1n) is 14.0. The van der Waals surface area contributed by atoms with Crippen molar-refractivity contribution in [3.63, 3.8) is 0 Å². The number of phosphoric ester groups is 1. The molecule has 0 bridgehead atoms. The van der Waals surface area contributed by atoms with Crippen molar-refractivity contribution in [3.05, 3.63) is 60.2 Å². The number of unbranched alkanes of at least 4 members (excludes halogenated alkanes) is 10. The van der Waals surface area contributed by atoms with Crippen LogP contribution in [0.4, 0.5) is 0 Å². The van der Waals surface area contributed by atoms with E-state index in [1.165, 1.54) is 44.9 Å². The number of hydrogen-bond acceptors (Lipinski definition) is 3. The Kier molecular flexibility index (Phi) is 15.5. The molecule has 0 radical (unpaired) electrons. The maximum Gasteiger partial charge on any atom is 0.469 e. The van der Waals surface area contributed by atoms with Gasteiger partial charge in [0, 0.05) is 6.42 Å². The molecule has 2 aromatic rings. The Bertz CT molecular complexity index is 982. The second-order valence-electron chi connectivity index (χ2n) is 9.87. The smallest absolute Gasteiger partial charge is 0.351 e. The normalized spacial score (nSPS) is 12.8. The van der Waals surface area contributed by atoms with Crippen LogP contribution in [0.5, 0.6) is 0 Å². The Hall–Kier alpha value is -1.98. The van der Waals surface area contributed by atoms with Crippen LogP contribution in [0.25, 0.3) is 10.8 Å². The van der Waals surface area contributed by atoms with Gasteiger partial charge in [0.2, 0.25) is 5.91 Å². The van der Waals surface area contributed by atoms with Crippen molar-refractivity contribution in [1.82, 2.24) is 5.32 Å². The highest BCUT2D eigenvalue weighted by Gasteiger charge is 2.20. The number of rotatable bonds is 20. The lowest BCUT2D eigenvalue weighted by molar-refractivity contribution is -0.122. The molecule has 0 aliphatic rings. The van der Waals surface area contributed by atoms with E-state index in [2.05, 4.69) is 24.4 Å². The van der Waals surface area contributed by atoms with E-state index in [9.17, 15) is 9.36 Å². The summed E-state index contributed by atoms with van der Waals surface area (Å²) in [6.07, 6.45) is 19.7. The molecule has 0 aliphatic carbocycles. The Morgan fingerprint density at radius 2 is 1.51 bits per heavy atom. The fraction of sp³-hybridized carbons (Fsp3) is 0.567. The lowest BCUT2D eigenvalue weighted by Crippen LogP contribution is -2.39. The number of carbonyl (C=O) groups excluding carboxylic acids is 1. The van der Waals surface area contributed by atoms with Crippen LogP contribution in [-0.2, 0) is 20.3 Å². The Balaban J connectivity index is 1.68. The summed E-state index contributed by atoms with van der Waals surface area (Å²) in [5.74, 6) is -0.113. The van der Waals surface area contributed by atoms with Crippen molar-refractivity contribution < 1.29 is 23.7 Å². The third-order valence-electron chi connectivity index (χ3n) is 6.57. The number of phosphoric acid groups is 1. The number of nitrogens with one attached hydrogen (secondary N) is 1. The summed E-state index contributed by atoms with van der Waals surface area (Å²) >= 11 is 0. The minimum Gasteiger partial charge on any atom is -0.351 e. The van der Waals surface area contributed by atoms with Gasteiger partial charge in [-0.25, -0.2) is 4.57 Å². The van der Waals surface area contributed by atoms with E-state index >= 15 is 0 Å². The van der Waals surface area contributed by atoms with Gasteiger partial charge in [-0.05, 0) is 54.9 Å². The molecular weight excluding hydrogens is 485 g/mol. The quantitative estimate of drug-likeness (QED) is 0.0928. The van der Waals surface area contributed by atoms with Crippen LogP contribution in [0, 0.1) is 0 Å². The summed E-state index contributed by atoms with van der Waals surface area (Å²) in [4.78, 5) is 30.9. The van der Waals surface area contributed by atoms with Gasteiger partial charge in [0.05, 0.1) is 12.6 Å². The first-order chi connectivity index (χ1) is 17.9. The third-order valence-corrected chi connectivity index (χ3v) is 7.06. The van der Waals surface area contributed by atoms with E-state index in [-0.39, 0.29) is 12.5 Å². The Labute approximate surface area is 223 Å². The van der Waals surface area contributed by atoms with Crippen LogP contribution in [0.15, 0.2) is 54.6 Å². The van der Waals surface area contributed by atoms with Gasteiger partial charge in [0.15, 0.2) is 0 Å². The minimum absolute atomic E-state index is 0.113. The van der Waals surface area contributed by atoms with Gasteiger partial charge in [-0.1, -0.05) is 106 Å². The number of fused-ring (bicyclic) bond motifs is 1. The van der Waals surface area contributed by atoms with E-state index in [0.29, 0.717) is 12.8 Å². The van der Waals surface area contributed by atoms with Crippen LogP contribution in [0.2, 0.25) is 0 Å². The molecule has 0 saturated carbocycles. The molecule has 6 nitrogen and oxygen atoms in total. The summed E-state index contributed by atoms with van der Waals surface area (Å²) in [7, 11) is -4.63. The highest BCUT2D eigenvalue weighted by molar-refractivity contribution is 7.46. The predicted molar refractivity (Wildman–Crippen MR) is 152 cm³/mol. The van der Waals surface area contributed by atoms with Crippen molar-refractivity contribution >= 4 is 24.5 Å². The first kappa shape index (κ1) is 31.2. The predicted octanol–water partition coefficient (Wildman–Crippen LogP) is 7.62. The molecule has 1 atom stereocenters. The molecule has 0 aliphatic heterocycles. The third kappa shape index (κ3) is 14.5. The molecule has 0 saturated heterocycles. The summed E-state index contributed by atoms with van der Waals surface area (Å²) < 4.78 is 16.0. The number of amides is 1. The molecule has 0 heterocycles. The zero-order valence-corrected chi connectivity index (χ0v) is 23.3. The zero-order chi connectivity index (χ0) is 26.8. The summed E-state index contributed by atoms with van der Waals surface area (Å²) in [5, 5.41) is 5.07. The van der Waals surface area contributed by atoms with Gasteiger partial charge in [-0.3, -0.25) is 9.32 Å². The van der Waals surface area contributed by atoms with E-state index in [4.69, 9.17) is 14.3 Å². The molecule has 0 aromatic heterocycles. The van der Waals surface area contributed by atoms with E-state index in [1.807, 2.05) is 42.5 Å². The first-order valence-corrected chi connectivity index (χ1v) is 15.5. The fourth-order valence-electron chi connectivity index (χ4n) is 4.55. The van der Waals surface area contributed by atoms with Crippen molar-refractivity contribution in [2.45, 2.75) is 103 Å². The summed E-state index contributed by atoms with van der Waals surface area (Å²) in [6, 6.07) is 13.4. The molecule has 0 unspecified atom stereocenters. The standard InChI is InChI=1S/C30H46NO5P/c1-2-3-4-5-6-7-8-9-10-11-12-13-14-15-23-30(32)31-28(25-36-37(33,34)35)24-27-21-18-20-26-19-16-17-22-29(26)27/h9-10,16-22,28H,2-8,11-15,23-25H2,1H3,(H,31,32)(H2,33,34,35)/b10-9-/t28-/m1/s1. The summed E-state index contributed by atoms with van der Waals surface area (Å²) in [5.41, 5.74) is 1.00. The lowest BCUT2D eigenvalue weighted by Gasteiger charge is -2.20. The second-order valence-corrected chi connectivity index (χ2v) is 11.1. The van der Waals surface area contributed by atoms with Gasteiger partial charge in [0.25, 0.3) is 0 Å². The fourth-order valence-corrected chi connectivity index (χ4v) is 4.93. The Morgan fingerprint density at radius 1 is 0.892 bits per heavy atom. The molecule has 2 rings (SSSR count). The lowest BCUT2D eigenvalue weighted by atomic mass is 9.99. The zero-order valence-electron chi connectivity index (χ0n) is 22.4. The molecular formula is C30H46NO5P. The maximum absolute atomic E-state index is 12.6. The van der Waals surface area contributed by atoms with Crippen LogP contribution in [0.1, 0.15) is 96.0 Å². The molecule has 1 amide bonds. The maximum atomic E-state index is 12.6. The number of carbonyl (C=O) groups is 1. The van der Waals surface area contributed by atoms with Crippen LogP contribution < -0.4 is 5.32 Å². The van der Waals surface area contributed by atoms with E-state index in [0.717, 1.165) is 48.4 Å². The molecule has 3 N–H and O–H groups in total. The number of benzene rings is 2. The van der Waals surface area contributed by atoms with Crippen molar-refractivity contribution in [1.29, 1.82) is 0 Å². The van der Waals surface area contributed by atoms with Gasteiger partial charge in [-0.2, -0.15) is 0 Å². The number of allylic oxidation sites excluding steroid dienone is 2. The molecule has 2 aromatic carbocycles. The molecule has 206 valence electrons. The van der Waals surface area contributed by atoms with Crippen molar-refractivity contribution in [2.75, 3.05) is 6.61 Å². The molecule has 0 spiro atoms. The van der Waals surface area contributed by atoms with Crippen molar-refractivity contribution in [3.8, 4) is 0 Å². The van der Waals surface area contributed by atoms with E-state index < -0.39 is 13.9 Å². The SMILES string of the molecule is CCCCCCCC/C=C\CCCCCCC(=O)N[C@@H](COP(=O)(O)O)Cc1cccc2ccccc12. The highest BCUT2D eigenvalue weighted by Crippen LogP contribution is 2.36. The molecule has 37 heavy (non-hydrogen) atoms. The largest absolute Gasteiger partial charge is 0.469 e. The second kappa shape index (κ2) is 18.3. The highest BCUT2D eigenvalue weighted by atomic mass is 31.2. The van der Waals surface area contributed by atoms with Crippen LogP contribution >= 0.6 is 7.82 Å². The van der Waals surface area contributed by atoms with Gasteiger partial charge < -0.3 is 15.1 Å². The van der Waals surface area contributed by atoms with Crippen molar-refractivity contribution in [2.24, 2.45) is 0 Å². The molecule has 0 fully saturated rings. The van der Waals surface area contributed by atoms with Gasteiger partial charge >= 0.3 is 7.82 Å². The van der Waals surface area contributed by atoms with Crippen LogP contribution in [-0.4, -0.2) is 28.3 Å². The average Bonchev–Trinajstić information content (AvgIpc) is 2.87. The average molecular weight is 532 g/mol. The topological polar surface area (TPSA) is 95.9 Å². The number of hydrogen-bond donors (Lipinski definition) is 3. The van der Waals surface area contributed by atoms with Gasteiger partial charge in [0.1, 0.15) is 0 Å².